The molecule has 302 valence electrons. The Morgan fingerprint density at radius 1 is 0.328 bits per heavy atom. The summed E-state index contributed by atoms with van der Waals surface area (Å²) in [5.41, 5.74) is -0.611. The molecule has 2 aromatic heterocycles. The van der Waals surface area contributed by atoms with Gasteiger partial charge in [0.2, 0.25) is 0 Å². The van der Waals surface area contributed by atoms with Gasteiger partial charge in [-0.15, -0.1) is 0 Å². The molecule has 61 heavy (non-hydrogen) atoms. The van der Waals surface area contributed by atoms with E-state index in [4.69, 9.17) is 15.0 Å². The molecule has 13 heteroatoms. The molecule has 2 heterocycles. The third-order valence-electron chi connectivity index (χ3n) is 10.3. The molecule has 0 bridgehead atoms. The molecule has 0 aliphatic carbocycles. The maximum atomic E-state index is 14.4. The highest BCUT2D eigenvalue weighted by Crippen LogP contribution is 2.46. The Bertz CT molecular complexity index is 2960. The standard InChI is InChI=1S/C48H27F9N4/c49-46(50,51)33-17-9-15-30(23-33)37-25-32(45-59-43(28-11-3-1-4-12-28)58-44(60-45)29-13-5-2-6-14-29)26-38(31-16-10-18-34(24-31)47(52,53)54)42(37)61-40-20-8-7-19-36(40)39-27-35(48(55,56)57)21-22-41(39)61/h1-27H. The van der Waals surface area contributed by atoms with Crippen molar-refractivity contribution in [2.24, 2.45) is 0 Å². The Morgan fingerprint density at radius 3 is 1.23 bits per heavy atom. The quantitative estimate of drug-likeness (QED) is 0.157. The van der Waals surface area contributed by atoms with Crippen LogP contribution in [0.4, 0.5) is 39.5 Å². The Kier molecular flexibility index (Phi) is 9.49. The highest BCUT2D eigenvalue weighted by atomic mass is 19.4. The number of hydrogen-bond donors (Lipinski definition) is 0. The molecule has 0 saturated carbocycles. The topological polar surface area (TPSA) is 43.6 Å². The van der Waals surface area contributed by atoms with Gasteiger partial charge >= 0.3 is 18.5 Å². The second-order valence-electron chi connectivity index (χ2n) is 14.2. The summed E-state index contributed by atoms with van der Waals surface area (Å²) < 4.78 is 131. The normalized spacial score (nSPS) is 12.3. The monoisotopic (exact) mass is 830 g/mol. The predicted molar refractivity (Wildman–Crippen MR) is 216 cm³/mol. The van der Waals surface area contributed by atoms with Crippen molar-refractivity contribution < 1.29 is 39.5 Å². The molecular formula is C48H27F9N4. The molecule has 9 rings (SSSR count). The van der Waals surface area contributed by atoms with Crippen LogP contribution < -0.4 is 0 Å². The van der Waals surface area contributed by atoms with Gasteiger partial charge in [-0.25, -0.2) is 15.0 Å². The first-order valence-corrected chi connectivity index (χ1v) is 18.6. The molecule has 0 unspecified atom stereocenters. The van der Waals surface area contributed by atoms with Crippen LogP contribution in [0.5, 0.6) is 0 Å². The van der Waals surface area contributed by atoms with Crippen molar-refractivity contribution in [2.45, 2.75) is 18.5 Å². The van der Waals surface area contributed by atoms with Gasteiger partial charge in [0.15, 0.2) is 17.5 Å². The zero-order chi connectivity index (χ0) is 42.7. The largest absolute Gasteiger partial charge is 0.416 e. The fourth-order valence-electron chi connectivity index (χ4n) is 7.50. The van der Waals surface area contributed by atoms with Crippen molar-refractivity contribution in [3.8, 4) is 62.1 Å². The Morgan fingerprint density at radius 2 is 0.738 bits per heavy atom. The van der Waals surface area contributed by atoms with E-state index in [-0.39, 0.29) is 61.9 Å². The number of benzene rings is 7. The summed E-state index contributed by atoms with van der Waals surface area (Å²) in [6, 6.07) is 39.6. The van der Waals surface area contributed by atoms with Gasteiger partial charge in [-0.1, -0.05) is 103 Å². The summed E-state index contributed by atoms with van der Waals surface area (Å²) in [4.78, 5) is 14.4. The summed E-state index contributed by atoms with van der Waals surface area (Å²) in [7, 11) is 0. The lowest BCUT2D eigenvalue weighted by molar-refractivity contribution is -0.138. The lowest BCUT2D eigenvalue weighted by Crippen LogP contribution is -2.07. The van der Waals surface area contributed by atoms with Crippen molar-refractivity contribution in [3.63, 3.8) is 0 Å². The minimum absolute atomic E-state index is 0.0124. The van der Waals surface area contributed by atoms with E-state index in [2.05, 4.69) is 0 Å². The highest BCUT2D eigenvalue weighted by Gasteiger charge is 2.34. The second kappa shape index (κ2) is 14.8. The van der Waals surface area contributed by atoms with Crippen LogP contribution in [-0.4, -0.2) is 19.5 Å². The summed E-state index contributed by atoms with van der Waals surface area (Å²) in [5, 5.41) is 0.534. The number of aromatic nitrogens is 4. The van der Waals surface area contributed by atoms with Crippen LogP contribution in [-0.2, 0) is 18.5 Å². The molecule has 4 nitrogen and oxygen atoms in total. The van der Waals surface area contributed by atoms with Crippen LogP contribution in [0.1, 0.15) is 16.7 Å². The number of para-hydroxylation sites is 1. The molecular weight excluding hydrogens is 804 g/mol. The lowest BCUT2D eigenvalue weighted by Gasteiger charge is -2.22. The molecule has 0 N–H and O–H groups in total. The fourth-order valence-corrected chi connectivity index (χ4v) is 7.50. The maximum absolute atomic E-state index is 14.4. The van der Waals surface area contributed by atoms with Crippen LogP contribution in [0.25, 0.3) is 83.9 Å². The van der Waals surface area contributed by atoms with Gasteiger partial charge in [0.05, 0.1) is 33.4 Å². The van der Waals surface area contributed by atoms with E-state index in [1.54, 1.807) is 89.5 Å². The third kappa shape index (κ3) is 7.47. The van der Waals surface area contributed by atoms with E-state index in [1.165, 1.54) is 30.3 Å². The Balaban J connectivity index is 1.45. The van der Waals surface area contributed by atoms with Gasteiger partial charge in [-0.2, -0.15) is 39.5 Å². The zero-order valence-electron chi connectivity index (χ0n) is 31.3. The van der Waals surface area contributed by atoms with Gasteiger partial charge in [-0.05, 0) is 71.8 Å². The summed E-state index contributed by atoms with van der Waals surface area (Å²) >= 11 is 0. The van der Waals surface area contributed by atoms with Crippen LogP contribution in [0.2, 0.25) is 0 Å². The zero-order valence-corrected chi connectivity index (χ0v) is 31.3. The summed E-state index contributed by atoms with van der Waals surface area (Å²) in [5.74, 6) is 0.549. The third-order valence-corrected chi connectivity index (χ3v) is 10.3. The number of halogens is 9. The van der Waals surface area contributed by atoms with Gasteiger partial charge in [-0.3, -0.25) is 0 Å². The average Bonchev–Trinajstić information content (AvgIpc) is 3.59. The van der Waals surface area contributed by atoms with E-state index in [9.17, 15) is 39.5 Å². The Labute approximate surface area is 341 Å². The Hall–Kier alpha value is -7.28. The van der Waals surface area contributed by atoms with Crippen molar-refractivity contribution >= 4 is 21.8 Å². The first-order valence-electron chi connectivity index (χ1n) is 18.6. The van der Waals surface area contributed by atoms with Gasteiger partial charge in [0, 0.05) is 38.6 Å². The summed E-state index contributed by atoms with van der Waals surface area (Å²) in [6.07, 6.45) is -14.3. The van der Waals surface area contributed by atoms with Crippen LogP contribution in [0.3, 0.4) is 0 Å². The number of alkyl halides is 9. The van der Waals surface area contributed by atoms with E-state index >= 15 is 0 Å². The number of hydrogen-bond acceptors (Lipinski definition) is 3. The minimum Gasteiger partial charge on any atom is -0.308 e. The lowest BCUT2D eigenvalue weighted by atomic mass is 9.91. The number of fused-ring (bicyclic) bond motifs is 3. The van der Waals surface area contributed by atoms with Crippen molar-refractivity contribution in [1.29, 1.82) is 0 Å². The molecule has 0 radical (unpaired) electrons. The van der Waals surface area contributed by atoms with Crippen LogP contribution >= 0.6 is 0 Å². The maximum Gasteiger partial charge on any atom is 0.416 e. The molecule has 0 atom stereocenters. The van der Waals surface area contributed by atoms with E-state index in [0.29, 0.717) is 22.0 Å². The molecule has 7 aromatic carbocycles. The van der Waals surface area contributed by atoms with Crippen molar-refractivity contribution in [1.82, 2.24) is 19.5 Å². The average molecular weight is 831 g/mol. The van der Waals surface area contributed by atoms with Crippen LogP contribution in [0, 0.1) is 0 Å². The van der Waals surface area contributed by atoms with E-state index in [0.717, 1.165) is 36.4 Å². The SMILES string of the molecule is FC(F)(F)c1cccc(-c2cc(-c3nc(-c4ccccc4)nc(-c4ccccc4)n3)cc(-c3cccc(C(F)(F)F)c3)c2-n2c3ccccc3c3cc(C(F)(F)F)ccc32)c1. The first-order chi connectivity index (χ1) is 29.1. The van der Waals surface area contributed by atoms with E-state index in [1.807, 2.05) is 12.1 Å². The first kappa shape index (κ1) is 39.2. The molecule has 0 fully saturated rings. The molecule has 0 spiro atoms. The molecule has 0 aliphatic heterocycles. The molecule has 0 amide bonds. The second-order valence-corrected chi connectivity index (χ2v) is 14.2. The van der Waals surface area contributed by atoms with Crippen molar-refractivity contribution in [2.75, 3.05) is 0 Å². The number of rotatable bonds is 6. The van der Waals surface area contributed by atoms with Gasteiger partial charge in [0.1, 0.15) is 0 Å². The van der Waals surface area contributed by atoms with Gasteiger partial charge in [0.25, 0.3) is 0 Å². The number of nitrogens with zero attached hydrogens (tertiary/aromatic N) is 4. The smallest absolute Gasteiger partial charge is 0.308 e. The minimum atomic E-state index is -4.79. The molecule has 0 aliphatic rings. The van der Waals surface area contributed by atoms with E-state index < -0.39 is 35.2 Å². The fraction of sp³-hybridized carbons (Fsp3) is 0.0625. The highest BCUT2D eigenvalue weighted by molar-refractivity contribution is 6.11. The van der Waals surface area contributed by atoms with Crippen molar-refractivity contribution in [3.05, 3.63) is 180 Å². The van der Waals surface area contributed by atoms with Crippen LogP contribution in [0.15, 0.2) is 164 Å². The van der Waals surface area contributed by atoms with Gasteiger partial charge < -0.3 is 4.57 Å². The summed E-state index contributed by atoms with van der Waals surface area (Å²) in [6.45, 7) is 0. The molecule has 0 saturated heterocycles. The molecule has 9 aromatic rings. The predicted octanol–water partition coefficient (Wildman–Crippen LogP) is 14.4.